The number of quaternary nitrogens is 1. The van der Waals surface area contributed by atoms with E-state index in [1.165, 1.54) is 23.1 Å². The van der Waals surface area contributed by atoms with Crippen molar-refractivity contribution in [1.29, 1.82) is 0 Å². The smallest absolute Gasteiger partial charge is 0.279 e. The van der Waals surface area contributed by atoms with Crippen molar-refractivity contribution in [2.75, 3.05) is 49.7 Å². The fourth-order valence-electron chi connectivity index (χ4n) is 3.92. The third-order valence-corrected chi connectivity index (χ3v) is 5.50. The Bertz CT molecular complexity index is 936. The zero-order chi connectivity index (χ0) is 20.4. The topological polar surface area (TPSA) is 72.3 Å². The van der Waals surface area contributed by atoms with Gasteiger partial charge in [0.05, 0.1) is 31.9 Å². The highest BCUT2D eigenvalue weighted by Crippen LogP contribution is 2.37. The van der Waals surface area contributed by atoms with E-state index in [9.17, 15) is 9.59 Å². The second-order valence-corrected chi connectivity index (χ2v) is 7.56. The quantitative estimate of drug-likeness (QED) is 0.745. The lowest BCUT2D eigenvalue weighted by atomic mass is 10.1. The first-order chi connectivity index (χ1) is 14.0. The molecule has 7 nitrogen and oxygen atoms in total. The van der Waals surface area contributed by atoms with Crippen LogP contribution in [0.3, 0.4) is 0 Å². The number of Topliss-reactive ketones (excluding diaryl/α,β-unsaturated/α-hetero) is 1. The van der Waals surface area contributed by atoms with Crippen LogP contribution in [0, 0.1) is 6.92 Å². The Hall–Kier alpha value is -3.06. The fraction of sp³-hybridized carbons (Fsp3) is 0.364. The molecule has 29 heavy (non-hydrogen) atoms. The van der Waals surface area contributed by atoms with Crippen LogP contribution in [0.1, 0.15) is 22.8 Å². The average Bonchev–Trinajstić information content (AvgIpc) is 3.16. The van der Waals surface area contributed by atoms with Gasteiger partial charge in [0.2, 0.25) is 6.79 Å². The van der Waals surface area contributed by atoms with Crippen LogP contribution in [0.25, 0.3) is 0 Å². The molecule has 2 N–H and O–H groups in total. The molecule has 0 aromatic heterocycles. The van der Waals surface area contributed by atoms with E-state index in [0.717, 1.165) is 26.2 Å². The maximum Gasteiger partial charge on any atom is 0.279 e. The molecule has 0 atom stereocenters. The normalized spacial score (nSPS) is 16.0. The molecule has 2 heterocycles. The van der Waals surface area contributed by atoms with Crippen LogP contribution in [-0.2, 0) is 4.79 Å². The van der Waals surface area contributed by atoms with Gasteiger partial charge in [0.1, 0.15) is 0 Å². The molecule has 0 aliphatic carbocycles. The number of ether oxygens (including phenoxy) is 2. The molecule has 0 spiro atoms. The van der Waals surface area contributed by atoms with Crippen molar-refractivity contribution < 1.29 is 24.0 Å². The molecule has 4 rings (SSSR count). The number of nitrogens with one attached hydrogen (secondary N) is 2. The number of carbonyl (C=O) groups excluding carboxylic acids is 2. The van der Waals surface area contributed by atoms with Crippen molar-refractivity contribution in [1.82, 2.24) is 0 Å². The lowest BCUT2D eigenvalue weighted by molar-refractivity contribution is -0.892. The Morgan fingerprint density at radius 2 is 1.79 bits per heavy atom. The molecule has 1 amide bonds. The van der Waals surface area contributed by atoms with Crippen LogP contribution in [0.2, 0.25) is 0 Å². The summed E-state index contributed by atoms with van der Waals surface area (Å²) >= 11 is 0. The standard InChI is InChI=1S/C22H25N3O4/c1-15-5-3-4-6-19(15)25-9-7-24(8-10-25)13-22(27)23-18-12-21-20(28-14-29-21)11-17(18)16(2)26/h3-6,11-12H,7-10,13-14H2,1-2H3,(H,23,27)/p+1. The van der Waals surface area contributed by atoms with Gasteiger partial charge in [-0.15, -0.1) is 0 Å². The predicted octanol–water partition coefficient (Wildman–Crippen LogP) is 1.27. The molecule has 0 saturated carbocycles. The molecule has 152 valence electrons. The van der Waals surface area contributed by atoms with E-state index < -0.39 is 0 Å². The summed E-state index contributed by atoms with van der Waals surface area (Å²) in [6, 6.07) is 11.7. The van der Waals surface area contributed by atoms with Crippen molar-refractivity contribution >= 4 is 23.1 Å². The first kappa shape index (κ1) is 19.3. The summed E-state index contributed by atoms with van der Waals surface area (Å²) in [5.41, 5.74) is 3.45. The van der Waals surface area contributed by atoms with Crippen molar-refractivity contribution in [3.8, 4) is 11.5 Å². The second-order valence-electron chi connectivity index (χ2n) is 7.56. The number of ketones is 1. The van der Waals surface area contributed by atoms with Gasteiger partial charge in [-0.05, 0) is 31.5 Å². The van der Waals surface area contributed by atoms with Gasteiger partial charge >= 0.3 is 0 Å². The summed E-state index contributed by atoms with van der Waals surface area (Å²) in [6.45, 7) is 7.70. The van der Waals surface area contributed by atoms with Gasteiger partial charge in [-0.3, -0.25) is 9.59 Å². The number of rotatable bonds is 5. The van der Waals surface area contributed by atoms with E-state index in [-0.39, 0.29) is 18.5 Å². The van der Waals surface area contributed by atoms with E-state index in [1.807, 2.05) is 0 Å². The number of hydrogen-bond acceptors (Lipinski definition) is 5. The minimum absolute atomic E-state index is 0.106. The highest BCUT2D eigenvalue weighted by atomic mass is 16.7. The zero-order valence-corrected chi connectivity index (χ0v) is 16.8. The van der Waals surface area contributed by atoms with Crippen molar-refractivity contribution in [3.63, 3.8) is 0 Å². The Kier molecular flexibility index (Phi) is 5.40. The van der Waals surface area contributed by atoms with Crippen LogP contribution in [0.5, 0.6) is 11.5 Å². The number of hydrogen-bond donors (Lipinski definition) is 2. The monoisotopic (exact) mass is 396 g/mol. The van der Waals surface area contributed by atoms with E-state index in [0.29, 0.717) is 29.3 Å². The largest absolute Gasteiger partial charge is 0.454 e. The van der Waals surface area contributed by atoms with Gasteiger partial charge in [-0.2, -0.15) is 0 Å². The summed E-state index contributed by atoms with van der Waals surface area (Å²) in [5, 5.41) is 2.89. The Balaban J connectivity index is 1.36. The highest BCUT2D eigenvalue weighted by molar-refractivity contribution is 6.04. The molecule has 1 saturated heterocycles. The lowest BCUT2D eigenvalue weighted by Gasteiger charge is -2.34. The number of carbonyl (C=O) groups is 2. The molecular weight excluding hydrogens is 370 g/mol. The molecule has 2 aromatic rings. The number of anilines is 2. The number of nitrogens with zero attached hydrogens (tertiary/aromatic N) is 1. The first-order valence-electron chi connectivity index (χ1n) is 9.90. The Morgan fingerprint density at radius 3 is 2.48 bits per heavy atom. The van der Waals surface area contributed by atoms with E-state index in [4.69, 9.17) is 9.47 Å². The molecular formula is C22H26N3O4+. The molecule has 2 aliphatic heterocycles. The molecule has 2 aliphatic rings. The number of piperazine rings is 1. The SMILES string of the molecule is CC(=O)c1cc2c(cc1NC(=O)C[NH+]1CCN(c3ccccc3C)CC1)OCO2. The van der Waals surface area contributed by atoms with Crippen molar-refractivity contribution in [2.45, 2.75) is 13.8 Å². The number of fused-ring (bicyclic) bond motifs is 1. The van der Waals surface area contributed by atoms with Gasteiger partial charge in [-0.1, -0.05) is 18.2 Å². The maximum absolute atomic E-state index is 12.6. The van der Waals surface area contributed by atoms with E-state index >= 15 is 0 Å². The van der Waals surface area contributed by atoms with Gasteiger partial charge in [0.15, 0.2) is 23.8 Å². The van der Waals surface area contributed by atoms with E-state index in [1.54, 1.807) is 12.1 Å². The average molecular weight is 396 g/mol. The van der Waals surface area contributed by atoms with Crippen LogP contribution < -0.4 is 24.6 Å². The fourth-order valence-corrected chi connectivity index (χ4v) is 3.92. The van der Waals surface area contributed by atoms with Gasteiger partial charge in [0.25, 0.3) is 5.91 Å². The minimum Gasteiger partial charge on any atom is -0.454 e. The van der Waals surface area contributed by atoms with Crippen LogP contribution >= 0.6 is 0 Å². The number of para-hydroxylation sites is 1. The maximum atomic E-state index is 12.6. The highest BCUT2D eigenvalue weighted by Gasteiger charge is 2.25. The first-order valence-corrected chi connectivity index (χ1v) is 9.90. The Morgan fingerprint density at radius 1 is 1.10 bits per heavy atom. The van der Waals surface area contributed by atoms with Crippen LogP contribution in [0.15, 0.2) is 36.4 Å². The van der Waals surface area contributed by atoms with Gasteiger partial charge in [-0.25, -0.2) is 0 Å². The summed E-state index contributed by atoms with van der Waals surface area (Å²) in [4.78, 5) is 28.2. The van der Waals surface area contributed by atoms with Crippen molar-refractivity contribution in [2.24, 2.45) is 0 Å². The molecule has 0 unspecified atom stereocenters. The summed E-state index contributed by atoms with van der Waals surface area (Å²) in [6.07, 6.45) is 0. The second kappa shape index (κ2) is 8.13. The van der Waals surface area contributed by atoms with Crippen LogP contribution in [0.4, 0.5) is 11.4 Å². The number of amides is 1. The molecule has 7 heteroatoms. The van der Waals surface area contributed by atoms with Crippen molar-refractivity contribution in [3.05, 3.63) is 47.5 Å². The van der Waals surface area contributed by atoms with Crippen LogP contribution in [-0.4, -0.2) is 51.2 Å². The Labute approximate surface area is 170 Å². The van der Waals surface area contributed by atoms with E-state index in [2.05, 4.69) is 41.4 Å². The molecule has 2 aromatic carbocycles. The predicted molar refractivity (Wildman–Crippen MR) is 110 cm³/mol. The summed E-state index contributed by atoms with van der Waals surface area (Å²) in [5.74, 6) is 0.846. The number of aryl methyl sites for hydroxylation is 1. The zero-order valence-electron chi connectivity index (χ0n) is 16.8. The third kappa shape index (κ3) is 4.19. The third-order valence-electron chi connectivity index (χ3n) is 5.50. The number of benzene rings is 2. The summed E-state index contributed by atoms with van der Waals surface area (Å²) < 4.78 is 10.7. The summed E-state index contributed by atoms with van der Waals surface area (Å²) in [7, 11) is 0. The minimum atomic E-state index is -0.127. The molecule has 0 bridgehead atoms. The van der Waals surface area contributed by atoms with Gasteiger partial charge in [0, 0.05) is 17.3 Å². The lowest BCUT2D eigenvalue weighted by Crippen LogP contribution is -3.15. The molecule has 0 radical (unpaired) electrons. The molecule has 1 fully saturated rings. The van der Waals surface area contributed by atoms with Gasteiger partial charge < -0.3 is 24.6 Å².